The van der Waals surface area contributed by atoms with E-state index >= 15 is 0 Å². The van der Waals surface area contributed by atoms with E-state index in [1.54, 1.807) is 0 Å². The van der Waals surface area contributed by atoms with Gasteiger partial charge in [0.1, 0.15) is 0 Å². The Morgan fingerprint density at radius 1 is 0.944 bits per heavy atom. The predicted octanol–water partition coefficient (Wildman–Crippen LogP) is -0.907. The minimum Gasteiger partial charge on any atom is -0.389 e. The van der Waals surface area contributed by atoms with E-state index in [1.807, 2.05) is 0 Å². The molecule has 2 atom stereocenters. The van der Waals surface area contributed by atoms with Crippen LogP contribution in [0.25, 0.3) is 0 Å². The zero-order valence-corrected chi connectivity index (χ0v) is 10.7. The quantitative estimate of drug-likeness (QED) is 0.443. The molecule has 0 saturated carbocycles. The third kappa shape index (κ3) is 6.17. The molecule has 0 radical (unpaired) electrons. The van der Waals surface area contributed by atoms with Crippen molar-refractivity contribution in [3.63, 3.8) is 0 Å². The van der Waals surface area contributed by atoms with E-state index in [4.69, 9.17) is 0 Å². The number of aliphatic hydroxyl groups is 2. The van der Waals surface area contributed by atoms with Gasteiger partial charge in [-0.1, -0.05) is 13.2 Å². The van der Waals surface area contributed by atoms with Crippen LogP contribution in [0.5, 0.6) is 0 Å². The molecule has 0 aliphatic carbocycles. The monoisotopic (exact) mass is 256 g/mol. The highest BCUT2D eigenvalue weighted by molar-refractivity contribution is 5.92. The molecule has 0 aromatic rings. The third-order valence-corrected chi connectivity index (χ3v) is 2.16. The van der Waals surface area contributed by atoms with Crippen LogP contribution < -0.4 is 10.6 Å². The summed E-state index contributed by atoms with van der Waals surface area (Å²) < 4.78 is 0. The van der Waals surface area contributed by atoms with Crippen molar-refractivity contribution in [2.45, 2.75) is 26.1 Å². The Bertz CT molecular complexity index is 318. The van der Waals surface area contributed by atoms with Crippen LogP contribution in [0.2, 0.25) is 0 Å². The number of carbonyl (C=O) groups excluding carboxylic acids is 2. The molecule has 0 rings (SSSR count). The molecule has 0 aliphatic rings. The first kappa shape index (κ1) is 16.3. The largest absolute Gasteiger partial charge is 0.389 e. The molecule has 0 aromatic heterocycles. The molecule has 0 fully saturated rings. The number of rotatable bonds is 7. The van der Waals surface area contributed by atoms with Gasteiger partial charge in [0.15, 0.2) is 0 Å². The van der Waals surface area contributed by atoms with Gasteiger partial charge in [0, 0.05) is 24.2 Å². The van der Waals surface area contributed by atoms with Crippen LogP contribution in [-0.2, 0) is 9.59 Å². The SMILES string of the molecule is C=C(C)C(=O)NCC(O)C(O)CNC(=O)C(=C)C. The van der Waals surface area contributed by atoms with Crippen LogP contribution in [-0.4, -0.2) is 47.3 Å². The van der Waals surface area contributed by atoms with E-state index in [2.05, 4.69) is 23.8 Å². The topological polar surface area (TPSA) is 98.7 Å². The Morgan fingerprint density at radius 2 is 1.22 bits per heavy atom. The van der Waals surface area contributed by atoms with E-state index in [0.717, 1.165) is 0 Å². The summed E-state index contributed by atoms with van der Waals surface area (Å²) in [6.07, 6.45) is -2.34. The summed E-state index contributed by atoms with van der Waals surface area (Å²) in [5.74, 6) is -0.792. The van der Waals surface area contributed by atoms with Crippen LogP contribution in [0.4, 0.5) is 0 Å². The second kappa shape index (κ2) is 7.62. The van der Waals surface area contributed by atoms with Gasteiger partial charge in [-0.15, -0.1) is 0 Å². The average Bonchev–Trinajstić information content (AvgIpc) is 2.31. The van der Waals surface area contributed by atoms with Gasteiger partial charge in [0.2, 0.25) is 11.8 Å². The smallest absolute Gasteiger partial charge is 0.246 e. The van der Waals surface area contributed by atoms with Crippen molar-refractivity contribution in [1.29, 1.82) is 0 Å². The molecule has 6 nitrogen and oxygen atoms in total. The molecule has 0 aliphatic heterocycles. The zero-order chi connectivity index (χ0) is 14.3. The maximum Gasteiger partial charge on any atom is 0.246 e. The summed E-state index contributed by atoms with van der Waals surface area (Å²) in [4.78, 5) is 22.3. The fraction of sp³-hybridized carbons (Fsp3) is 0.500. The summed E-state index contributed by atoms with van der Waals surface area (Å²) in [6, 6.07) is 0. The van der Waals surface area contributed by atoms with Gasteiger partial charge in [0.05, 0.1) is 12.2 Å². The van der Waals surface area contributed by atoms with Crippen LogP contribution in [0.3, 0.4) is 0 Å². The molecule has 18 heavy (non-hydrogen) atoms. The molecule has 0 bridgehead atoms. The Hall–Kier alpha value is -1.66. The minimum absolute atomic E-state index is 0.115. The van der Waals surface area contributed by atoms with Gasteiger partial charge in [0.25, 0.3) is 0 Å². The highest BCUT2D eigenvalue weighted by atomic mass is 16.3. The summed E-state index contributed by atoms with van der Waals surface area (Å²) in [6.45, 7) is 9.70. The van der Waals surface area contributed by atoms with E-state index in [1.165, 1.54) is 13.8 Å². The molecule has 4 N–H and O–H groups in total. The number of hydrogen-bond acceptors (Lipinski definition) is 4. The number of hydrogen-bond donors (Lipinski definition) is 4. The van der Waals surface area contributed by atoms with Gasteiger partial charge in [-0.05, 0) is 13.8 Å². The number of amides is 2. The van der Waals surface area contributed by atoms with Gasteiger partial charge in [-0.25, -0.2) is 0 Å². The highest BCUT2D eigenvalue weighted by Crippen LogP contribution is 1.94. The fourth-order valence-electron chi connectivity index (χ4n) is 0.968. The molecule has 2 unspecified atom stereocenters. The summed E-state index contributed by atoms with van der Waals surface area (Å²) in [7, 11) is 0. The number of carbonyl (C=O) groups is 2. The molecule has 0 saturated heterocycles. The Kier molecular flexibility index (Phi) is 6.92. The summed E-state index contributed by atoms with van der Waals surface area (Å²) in [5, 5.41) is 23.9. The van der Waals surface area contributed by atoms with Gasteiger partial charge < -0.3 is 20.8 Å². The van der Waals surface area contributed by atoms with Crippen molar-refractivity contribution in [2.24, 2.45) is 0 Å². The Labute approximate surface area is 106 Å². The lowest BCUT2D eigenvalue weighted by Crippen LogP contribution is -2.44. The first-order chi connectivity index (χ1) is 8.25. The van der Waals surface area contributed by atoms with E-state index < -0.39 is 24.0 Å². The Balaban J connectivity index is 4.00. The lowest BCUT2D eigenvalue weighted by Gasteiger charge is -2.18. The molecule has 0 heterocycles. The van der Waals surface area contributed by atoms with Crippen molar-refractivity contribution in [2.75, 3.05) is 13.1 Å². The van der Waals surface area contributed by atoms with Crippen LogP contribution in [0.15, 0.2) is 24.3 Å². The van der Waals surface area contributed by atoms with Crippen LogP contribution in [0.1, 0.15) is 13.8 Å². The van der Waals surface area contributed by atoms with Crippen LogP contribution >= 0.6 is 0 Å². The summed E-state index contributed by atoms with van der Waals surface area (Å²) >= 11 is 0. The lowest BCUT2D eigenvalue weighted by molar-refractivity contribution is -0.119. The van der Waals surface area contributed by atoms with Crippen LogP contribution in [0, 0.1) is 0 Å². The van der Waals surface area contributed by atoms with Gasteiger partial charge in [-0.2, -0.15) is 0 Å². The first-order valence-electron chi connectivity index (χ1n) is 5.49. The second-order valence-electron chi connectivity index (χ2n) is 4.12. The molecular weight excluding hydrogens is 236 g/mol. The van der Waals surface area contributed by atoms with Crippen molar-refractivity contribution >= 4 is 11.8 Å². The average molecular weight is 256 g/mol. The predicted molar refractivity (Wildman–Crippen MR) is 67.7 cm³/mol. The maximum absolute atomic E-state index is 11.1. The molecule has 102 valence electrons. The molecule has 6 heteroatoms. The fourth-order valence-corrected chi connectivity index (χ4v) is 0.968. The Morgan fingerprint density at radius 3 is 1.44 bits per heavy atom. The zero-order valence-electron chi connectivity index (χ0n) is 10.7. The second-order valence-corrected chi connectivity index (χ2v) is 4.12. The molecule has 0 aromatic carbocycles. The third-order valence-electron chi connectivity index (χ3n) is 2.16. The first-order valence-corrected chi connectivity index (χ1v) is 5.49. The normalized spacial score (nSPS) is 13.3. The number of aliphatic hydroxyl groups excluding tert-OH is 2. The lowest BCUT2D eigenvalue weighted by atomic mass is 10.2. The van der Waals surface area contributed by atoms with E-state index in [-0.39, 0.29) is 13.1 Å². The molecular formula is C12H20N2O4. The van der Waals surface area contributed by atoms with Crippen molar-refractivity contribution in [3.8, 4) is 0 Å². The highest BCUT2D eigenvalue weighted by Gasteiger charge is 2.18. The molecule has 2 amide bonds. The van der Waals surface area contributed by atoms with Crippen molar-refractivity contribution < 1.29 is 19.8 Å². The van der Waals surface area contributed by atoms with Crippen molar-refractivity contribution in [1.82, 2.24) is 10.6 Å². The minimum atomic E-state index is -1.17. The summed E-state index contributed by atoms with van der Waals surface area (Å²) in [5.41, 5.74) is 0.625. The van der Waals surface area contributed by atoms with Gasteiger partial charge >= 0.3 is 0 Å². The van der Waals surface area contributed by atoms with Gasteiger partial charge in [-0.3, -0.25) is 9.59 Å². The number of nitrogens with one attached hydrogen (secondary N) is 2. The standard InChI is InChI=1S/C12H20N2O4/c1-7(2)11(17)13-5-9(15)10(16)6-14-12(18)8(3)4/h9-10,15-16H,1,3,5-6H2,2,4H3,(H,13,17)(H,14,18). The maximum atomic E-state index is 11.1. The van der Waals surface area contributed by atoms with E-state index in [9.17, 15) is 19.8 Å². The molecule has 0 spiro atoms. The van der Waals surface area contributed by atoms with Crippen molar-refractivity contribution in [3.05, 3.63) is 24.3 Å². The van der Waals surface area contributed by atoms with E-state index in [0.29, 0.717) is 11.1 Å².